The highest BCUT2D eigenvalue weighted by molar-refractivity contribution is 5.82. The molecule has 0 aliphatic carbocycles. The molecule has 0 aromatic heterocycles. The Balaban J connectivity index is 2.42. The minimum atomic E-state index is -1.09. The third kappa shape index (κ3) is 4.15. The molecule has 1 aliphatic heterocycles. The van der Waals surface area contributed by atoms with Gasteiger partial charge in [-0.1, -0.05) is 6.92 Å². The number of piperazine rings is 1. The number of amides is 2. The van der Waals surface area contributed by atoms with Gasteiger partial charge in [0.1, 0.15) is 0 Å². The van der Waals surface area contributed by atoms with Crippen LogP contribution < -0.4 is 5.32 Å². The predicted molar refractivity (Wildman–Crippen MR) is 65.5 cm³/mol. The zero-order chi connectivity index (χ0) is 13.5. The second-order valence-electron chi connectivity index (χ2n) is 4.22. The maximum atomic E-state index is 11.9. The van der Waals surface area contributed by atoms with Gasteiger partial charge in [-0.2, -0.15) is 0 Å². The highest BCUT2D eigenvalue weighted by atomic mass is 16.5. The molecule has 1 rings (SSSR count). The van der Waals surface area contributed by atoms with Gasteiger partial charge in [0, 0.05) is 33.3 Å². The molecule has 0 radical (unpaired) electrons. The van der Waals surface area contributed by atoms with Crippen molar-refractivity contribution in [2.45, 2.75) is 13.0 Å². The van der Waals surface area contributed by atoms with Crippen molar-refractivity contribution in [3.63, 3.8) is 0 Å². The predicted octanol–water partition coefficient (Wildman–Crippen LogP) is -0.567. The summed E-state index contributed by atoms with van der Waals surface area (Å²) < 4.78 is 4.77. The Labute approximate surface area is 107 Å². The van der Waals surface area contributed by atoms with Crippen LogP contribution in [0.15, 0.2) is 0 Å². The van der Waals surface area contributed by atoms with E-state index in [2.05, 4.69) is 17.1 Å². The van der Waals surface area contributed by atoms with Crippen molar-refractivity contribution in [2.75, 3.05) is 46.4 Å². The van der Waals surface area contributed by atoms with Gasteiger partial charge in [-0.15, -0.1) is 0 Å². The summed E-state index contributed by atoms with van der Waals surface area (Å²) in [5, 5.41) is 11.4. The van der Waals surface area contributed by atoms with Crippen LogP contribution in [0.5, 0.6) is 0 Å². The van der Waals surface area contributed by atoms with Gasteiger partial charge < -0.3 is 25.0 Å². The Morgan fingerprint density at radius 1 is 1.33 bits per heavy atom. The number of carbonyl (C=O) groups excluding carboxylic acids is 1. The van der Waals surface area contributed by atoms with Crippen LogP contribution in [0.3, 0.4) is 0 Å². The first-order chi connectivity index (χ1) is 8.58. The molecule has 1 aliphatic rings. The van der Waals surface area contributed by atoms with E-state index in [1.54, 1.807) is 4.90 Å². The fourth-order valence-corrected chi connectivity index (χ4v) is 1.85. The normalized spacial score (nSPS) is 18.4. The molecule has 7 nitrogen and oxygen atoms in total. The molecule has 0 spiro atoms. The van der Waals surface area contributed by atoms with E-state index in [0.717, 1.165) is 19.6 Å². The molecule has 1 fully saturated rings. The molecule has 1 saturated heterocycles. The number of urea groups is 1. The van der Waals surface area contributed by atoms with Crippen molar-refractivity contribution in [1.82, 2.24) is 15.1 Å². The Kier molecular flexibility index (Phi) is 5.87. The van der Waals surface area contributed by atoms with Crippen LogP contribution >= 0.6 is 0 Å². The summed E-state index contributed by atoms with van der Waals surface area (Å²) in [5.74, 6) is -1.09. The molecule has 1 heterocycles. The van der Waals surface area contributed by atoms with Gasteiger partial charge in [0.05, 0.1) is 6.61 Å². The second-order valence-corrected chi connectivity index (χ2v) is 4.22. The summed E-state index contributed by atoms with van der Waals surface area (Å²) in [6.07, 6.45) is 0. The summed E-state index contributed by atoms with van der Waals surface area (Å²) in [6, 6.07) is -1.33. The lowest BCUT2D eigenvalue weighted by molar-refractivity contribution is -0.140. The van der Waals surface area contributed by atoms with E-state index in [-0.39, 0.29) is 12.6 Å². The molecule has 2 N–H and O–H groups in total. The molecule has 18 heavy (non-hydrogen) atoms. The van der Waals surface area contributed by atoms with Crippen molar-refractivity contribution in [3.8, 4) is 0 Å². The van der Waals surface area contributed by atoms with E-state index in [1.807, 2.05) is 0 Å². The molecule has 0 bridgehead atoms. The zero-order valence-electron chi connectivity index (χ0n) is 10.9. The molecule has 7 heteroatoms. The summed E-state index contributed by atoms with van der Waals surface area (Å²) in [4.78, 5) is 26.6. The molecule has 1 atom stereocenters. The standard InChI is InChI=1S/C11H21N3O4/c1-3-13-4-6-14(7-5-13)11(17)12-9(8-18-2)10(15)16/h9H,3-8H2,1-2H3,(H,12,17)(H,15,16). The highest BCUT2D eigenvalue weighted by Gasteiger charge is 2.25. The fraction of sp³-hybridized carbons (Fsp3) is 0.818. The van der Waals surface area contributed by atoms with Gasteiger partial charge in [-0.25, -0.2) is 9.59 Å². The number of carbonyl (C=O) groups is 2. The third-order valence-corrected chi connectivity index (χ3v) is 3.04. The van der Waals surface area contributed by atoms with Crippen molar-refractivity contribution < 1.29 is 19.4 Å². The minimum Gasteiger partial charge on any atom is -0.480 e. The molecular formula is C11H21N3O4. The number of aliphatic carboxylic acids is 1. The fourth-order valence-electron chi connectivity index (χ4n) is 1.85. The molecule has 0 aromatic carbocycles. The number of carboxylic acids is 1. The van der Waals surface area contributed by atoms with Gasteiger partial charge in [-0.05, 0) is 6.54 Å². The maximum absolute atomic E-state index is 11.9. The lowest BCUT2D eigenvalue weighted by Crippen LogP contribution is -2.55. The van der Waals surface area contributed by atoms with E-state index >= 15 is 0 Å². The van der Waals surface area contributed by atoms with Crippen molar-refractivity contribution in [2.24, 2.45) is 0 Å². The summed E-state index contributed by atoms with van der Waals surface area (Å²) in [7, 11) is 1.40. The zero-order valence-corrected chi connectivity index (χ0v) is 10.9. The topological polar surface area (TPSA) is 82.1 Å². The quantitative estimate of drug-likeness (QED) is 0.691. The smallest absolute Gasteiger partial charge is 0.328 e. The van der Waals surface area contributed by atoms with Crippen LogP contribution in [0.2, 0.25) is 0 Å². The number of likely N-dealkylation sites (N-methyl/N-ethyl adjacent to an activating group) is 1. The molecular weight excluding hydrogens is 238 g/mol. The van der Waals surface area contributed by atoms with Crippen molar-refractivity contribution in [3.05, 3.63) is 0 Å². The second kappa shape index (κ2) is 7.17. The van der Waals surface area contributed by atoms with Gasteiger partial charge in [0.15, 0.2) is 6.04 Å². The maximum Gasteiger partial charge on any atom is 0.328 e. The van der Waals surface area contributed by atoms with Gasteiger partial charge in [-0.3, -0.25) is 0 Å². The number of carboxylic acid groups (broad SMARTS) is 1. The lowest BCUT2D eigenvalue weighted by Gasteiger charge is -2.34. The first-order valence-corrected chi connectivity index (χ1v) is 6.08. The lowest BCUT2D eigenvalue weighted by atomic mass is 10.3. The van der Waals surface area contributed by atoms with Crippen LogP contribution in [0.1, 0.15) is 6.92 Å². The van der Waals surface area contributed by atoms with Gasteiger partial charge in [0.2, 0.25) is 0 Å². The Morgan fingerprint density at radius 2 is 1.94 bits per heavy atom. The number of nitrogens with one attached hydrogen (secondary N) is 1. The van der Waals surface area contributed by atoms with Crippen LogP contribution in [0.25, 0.3) is 0 Å². The Hall–Kier alpha value is -1.34. The van der Waals surface area contributed by atoms with Gasteiger partial charge in [0.25, 0.3) is 0 Å². The highest BCUT2D eigenvalue weighted by Crippen LogP contribution is 2.02. The van der Waals surface area contributed by atoms with Crippen LogP contribution in [-0.2, 0) is 9.53 Å². The number of hydrogen-bond donors (Lipinski definition) is 2. The first-order valence-electron chi connectivity index (χ1n) is 6.08. The van der Waals surface area contributed by atoms with E-state index < -0.39 is 12.0 Å². The first kappa shape index (κ1) is 14.7. The van der Waals surface area contributed by atoms with Crippen molar-refractivity contribution in [1.29, 1.82) is 0 Å². The molecule has 2 amide bonds. The summed E-state index contributed by atoms with van der Waals surface area (Å²) in [5.41, 5.74) is 0. The van der Waals surface area contributed by atoms with Crippen molar-refractivity contribution >= 4 is 12.0 Å². The minimum absolute atomic E-state index is 0.0317. The largest absolute Gasteiger partial charge is 0.480 e. The number of nitrogens with zero attached hydrogens (tertiary/aromatic N) is 2. The van der Waals surface area contributed by atoms with Crippen LogP contribution in [-0.4, -0.2) is 79.4 Å². The summed E-state index contributed by atoms with van der Waals surface area (Å²) in [6.45, 7) is 5.91. The Bertz CT molecular complexity index is 290. The monoisotopic (exact) mass is 259 g/mol. The average molecular weight is 259 g/mol. The number of methoxy groups -OCH3 is 1. The average Bonchev–Trinajstić information content (AvgIpc) is 2.38. The number of ether oxygens (including phenoxy) is 1. The van der Waals surface area contributed by atoms with E-state index in [4.69, 9.17) is 9.84 Å². The van der Waals surface area contributed by atoms with E-state index in [9.17, 15) is 9.59 Å². The van der Waals surface area contributed by atoms with Crippen LogP contribution in [0.4, 0.5) is 4.79 Å². The van der Waals surface area contributed by atoms with E-state index in [0.29, 0.717) is 13.1 Å². The Morgan fingerprint density at radius 3 is 2.39 bits per heavy atom. The van der Waals surface area contributed by atoms with E-state index in [1.165, 1.54) is 7.11 Å². The molecule has 0 saturated carbocycles. The molecule has 104 valence electrons. The SMILES string of the molecule is CCN1CCN(C(=O)NC(COC)C(=O)O)CC1. The summed E-state index contributed by atoms with van der Waals surface area (Å²) >= 11 is 0. The number of hydrogen-bond acceptors (Lipinski definition) is 4. The molecule has 1 unspecified atom stereocenters. The number of rotatable bonds is 5. The van der Waals surface area contributed by atoms with Crippen LogP contribution in [0, 0.1) is 0 Å². The molecule has 0 aromatic rings. The van der Waals surface area contributed by atoms with Gasteiger partial charge >= 0.3 is 12.0 Å². The third-order valence-electron chi connectivity index (χ3n) is 3.04.